The van der Waals surface area contributed by atoms with Gasteiger partial charge in [0.05, 0.1) is 5.56 Å². The first kappa shape index (κ1) is 12.3. The molecule has 2 rings (SSSR count). The molecule has 0 spiro atoms. The van der Waals surface area contributed by atoms with Gasteiger partial charge in [-0.25, -0.2) is 0 Å². The molecule has 17 heavy (non-hydrogen) atoms. The minimum atomic E-state index is -0.220. The van der Waals surface area contributed by atoms with E-state index in [4.69, 9.17) is 0 Å². The number of aromatic nitrogens is 1. The maximum Gasteiger partial charge on any atom is 0.280 e. The molecule has 1 amide bonds. The summed E-state index contributed by atoms with van der Waals surface area (Å²) in [5, 5.41) is 1.93. The van der Waals surface area contributed by atoms with Crippen molar-refractivity contribution in [3.05, 3.63) is 50.7 Å². The van der Waals surface area contributed by atoms with Crippen molar-refractivity contribution in [1.82, 2.24) is 4.57 Å². The minimum Gasteiger partial charge on any atom is -0.324 e. The number of hydrogen-bond acceptors (Lipinski definition) is 2. The summed E-state index contributed by atoms with van der Waals surface area (Å²) in [6, 6.07) is 7.30. The van der Waals surface area contributed by atoms with Gasteiger partial charge in [0, 0.05) is 22.6 Å². The molecule has 1 heterocycles. The summed E-state index contributed by atoms with van der Waals surface area (Å²) in [6.45, 7) is 2.83. The molecular weight excluding hydrogens is 300 g/mol. The number of halogens is 1. The second-order valence-corrected chi connectivity index (χ2v) is 5.10. The number of thiazole rings is 1. The molecule has 0 aliphatic carbocycles. The number of carbonyl (C=O) groups is 1. The number of rotatable bonds is 2. The van der Waals surface area contributed by atoms with Gasteiger partial charge in [-0.1, -0.05) is 12.1 Å². The second kappa shape index (κ2) is 5.42. The molecule has 0 aliphatic heterocycles. The monoisotopic (exact) mass is 310 g/mol. The standard InChI is InChI=1S/C12H11BrN2OS/c1-2-15-7-8-17-12(15)14-11(16)9-5-3-4-6-10(9)13/h3-8H,2H2,1H3. The SMILES string of the molecule is CCn1ccsc1=NC(=O)c1ccccc1Br. The smallest absolute Gasteiger partial charge is 0.280 e. The number of hydrogen-bond donors (Lipinski definition) is 0. The summed E-state index contributed by atoms with van der Waals surface area (Å²) < 4.78 is 2.72. The lowest BCUT2D eigenvalue weighted by atomic mass is 10.2. The summed E-state index contributed by atoms with van der Waals surface area (Å²) in [7, 11) is 0. The van der Waals surface area contributed by atoms with Crippen LogP contribution in [0.2, 0.25) is 0 Å². The van der Waals surface area contributed by atoms with Crippen molar-refractivity contribution in [3.8, 4) is 0 Å². The number of benzene rings is 1. The molecule has 2 aromatic rings. The molecule has 5 heteroatoms. The van der Waals surface area contributed by atoms with Crippen LogP contribution in [0.3, 0.4) is 0 Å². The van der Waals surface area contributed by atoms with Gasteiger partial charge >= 0.3 is 0 Å². The largest absolute Gasteiger partial charge is 0.324 e. The highest BCUT2D eigenvalue weighted by Gasteiger charge is 2.07. The number of carbonyl (C=O) groups excluding carboxylic acids is 1. The molecule has 0 bridgehead atoms. The molecule has 1 aromatic heterocycles. The minimum absolute atomic E-state index is 0.220. The predicted octanol–water partition coefficient (Wildman–Crippen LogP) is 3.07. The van der Waals surface area contributed by atoms with Crippen LogP contribution in [0.4, 0.5) is 0 Å². The summed E-state index contributed by atoms with van der Waals surface area (Å²) in [5.41, 5.74) is 0.587. The first-order valence-electron chi connectivity index (χ1n) is 5.20. The fraction of sp³-hybridized carbons (Fsp3) is 0.167. The topological polar surface area (TPSA) is 34.4 Å². The van der Waals surface area contributed by atoms with E-state index in [1.54, 1.807) is 6.07 Å². The van der Waals surface area contributed by atoms with E-state index in [9.17, 15) is 4.79 Å². The van der Waals surface area contributed by atoms with Crippen molar-refractivity contribution >= 4 is 33.2 Å². The Morgan fingerprint density at radius 3 is 2.94 bits per heavy atom. The van der Waals surface area contributed by atoms with Crippen molar-refractivity contribution in [2.75, 3.05) is 0 Å². The quantitative estimate of drug-likeness (QED) is 0.839. The highest BCUT2D eigenvalue weighted by molar-refractivity contribution is 9.10. The summed E-state index contributed by atoms with van der Waals surface area (Å²) in [5.74, 6) is -0.220. The van der Waals surface area contributed by atoms with Crippen LogP contribution in [0.15, 0.2) is 45.3 Å². The van der Waals surface area contributed by atoms with Gasteiger partial charge < -0.3 is 4.57 Å². The fourth-order valence-electron chi connectivity index (χ4n) is 1.41. The van der Waals surface area contributed by atoms with Crippen LogP contribution in [-0.2, 0) is 6.54 Å². The Morgan fingerprint density at radius 2 is 2.24 bits per heavy atom. The van der Waals surface area contributed by atoms with E-state index in [1.165, 1.54) is 11.3 Å². The van der Waals surface area contributed by atoms with Crippen molar-refractivity contribution in [2.24, 2.45) is 4.99 Å². The zero-order valence-corrected chi connectivity index (χ0v) is 11.7. The number of nitrogens with zero attached hydrogens (tertiary/aromatic N) is 2. The van der Waals surface area contributed by atoms with Crippen LogP contribution in [0.1, 0.15) is 17.3 Å². The lowest BCUT2D eigenvalue weighted by Gasteiger charge is -1.99. The molecule has 0 atom stereocenters. The van der Waals surface area contributed by atoms with Crippen LogP contribution in [0, 0.1) is 0 Å². The van der Waals surface area contributed by atoms with Crippen LogP contribution in [-0.4, -0.2) is 10.5 Å². The second-order valence-electron chi connectivity index (χ2n) is 3.37. The van der Waals surface area contributed by atoms with Gasteiger partial charge in [-0.15, -0.1) is 11.3 Å². The van der Waals surface area contributed by atoms with Crippen molar-refractivity contribution in [1.29, 1.82) is 0 Å². The Labute approximate surface area is 112 Å². The van der Waals surface area contributed by atoms with Crippen molar-refractivity contribution in [2.45, 2.75) is 13.5 Å². The molecule has 0 N–H and O–H groups in total. The Kier molecular flexibility index (Phi) is 3.91. The number of amides is 1. The van der Waals surface area contributed by atoms with Gasteiger partial charge in [0.2, 0.25) is 0 Å². The van der Waals surface area contributed by atoms with Crippen molar-refractivity contribution < 1.29 is 4.79 Å². The zero-order chi connectivity index (χ0) is 12.3. The van der Waals surface area contributed by atoms with E-state index in [1.807, 2.05) is 41.3 Å². The molecule has 0 saturated carbocycles. The normalized spacial score (nSPS) is 11.8. The average Bonchev–Trinajstić information content (AvgIpc) is 2.76. The summed E-state index contributed by atoms with van der Waals surface area (Å²) in [4.78, 5) is 16.9. The molecule has 0 saturated heterocycles. The van der Waals surface area contributed by atoms with E-state index >= 15 is 0 Å². The molecule has 0 aliphatic rings. The van der Waals surface area contributed by atoms with E-state index in [0.717, 1.165) is 15.8 Å². The molecule has 0 unspecified atom stereocenters. The Balaban J connectivity index is 2.41. The van der Waals surface area contributed by atoms with E-state index < -0.39 is 0 Å². The number of aryl methyl sites for hydroxylation is 1. The van der Waals surface area contributed by atoms with Crippen LogP contribution >= 0.6 is 27.3 Å². The van der Waals surface area contributed by atoms with Crippen LogP contribution in [0.25, 0.3) is 0 Å². The van der Waals surface area contributed by atoms with Gasteiger partial charge in [0.15, 0.2) is 4.80 Å². The van der Waals surface area contributed by atoms with E-state index in [-0.39, 0.29) is 5.91 Å². The van der Waals surface area contributed by atoms with Crippen LogP contribution in [0.5, 0.6) is 0 Å². The van der Waals surface area contributed by atoms with Gasteiger partial charge in [0.1, 0.15) is 0 Å². The highest BCUT2D eigenvalue weighted by Crippen LogP contribution is 2.16. The highest BCUT2D eigenvalue weighted by atomic mass is 79.9. The molecule has 0 fully saturated rings. The first-order chi connectivity index (χ1) is 8.22. The Morgan fingerprint density at radius 1 is 1.47 bits per heavy atom. The lowest BCUT2D eigenvalue weighted by Crippen LogP contribution is -2.15. The average molecular weight is 311 g/mol. The van der Waals surface area contributed by atoms with Gasteiger partial charge in [-0.3, -0.25) is 4.79 Å². The third-order valence-electron chi connectivity index (χ3n) is 2.30. The predicted molar refractivity (Wildman–Crippen MR) is 72.0 cm³/mol. The first-order valence-corrected chi connectivity index (χ1v) is 6.87. The molecule has 88 valence electrons. The van der Waals surface area contributed by atoms with Crippen molar-refractivity contribution in [3.63, 3.8) is 0 Å². The van der Waals surface area contributed by atoms with E-state index in [2.05, 4.69) is 20.9 Å². The summed E-state index contributed by atoms with van der Waals surface area (Å²) >= 11 is 4.82. The Bertz CT molecular complexity index is 600. The molecule has 1 aromatic carbocycles. The lowest BCUT2D eigenvalue weighted by molar-refractivity contribution is 0.0997. The van der Waals surface area contributed by atoms with E-state index in [0.29, 0.717) is 5.56 Å². The molecule has 3 nitrogen and oxygen atoms in total. The third kappa shape index (κ3) is 2.73. The van der Waals surface area contributed by atoms with Gasteiger partial charge in [-0.2, -0.15) is 4.99 Å². The maximum atomic E-state index is 12.0. The fourth-order valence-corrected chi connectivity index (χ4v) is 2.65. The van der Waals surface area contributed by atoms with Gasteiger partial charge in [-0.05, 0) is 35.0 Å². The zero-order valence-electron chi connectivity index (χ0n) is 9.26. The van der Waals surface area contributed by atoms with Gasteiger partial charge in [0.25, 0.3) is 5.91 Å². The molecular formula is C12H11BrN2OS. The summed E-state index contributed by atoms with van der Waals surface area (Å²) in [6.07, 6.45) is 1.93. The Hall–Kier alpha value is -1.20. The van der Waals surface area contributed by atoms with Crippen LogP contribution < -0.4 is 4.80 Å². The molecule has 0 radical (unpaired) electrons. The third-order valence-corrected chi connectivity index (χ3v) is 3.79. The maximum absolute atomic E-state index is 12.0.